The Balaban J connectivity index is 1.82. The van der Waals surface area contributed by atoms with Gasteiger partial charge in [0.15, 0.2) is 0 Å². The second-order valence-corrected chi connectivity index (χ2v) is 10.1. The number of nitrogens with one attached hydrogen (secondary N) is 3. The van der Waals surface area contributed by atoms with E-state index in [1.165, 1.54) is 24.3 Å². The minimum Gasteiger partial charge on any atom is -0.508 e. The summed E-state index contributed by atoms with van der Waals surface area (Å²) in [6.45, 7) is 0. The maximum Gasteiger partial charge on any atom is 0.327 e. The number of hydrogen-bond donors (Lipinski definition) is 8. The Hall–Kier alpha value is -4.55. The molecular formula is C30H34N4O7S. The summed E-state index contributed by atoms with van der Waals surface area (Å²) in [7, 11) is 0. The van der Waals surface area contributed by atoms with E-state index < -0.39 is 47.9 Å². The van der Waals surface area contributed by atoms with Gasteiger partial charge in [0.25, 0.3) is 0 Å². The molecule has 0 bridgehead atoms. The average molecular weight is 595 g/mol. The largest absolute Gasteiger partial charge is 0.508 e. The molecule has 0 spiro atoms. The lowest BCUT2D eigenvalue weighted by Crippen LogP contribution is -2.58. The van der Waals surface area contributed by atoms with Crippen molar-refractivity contribution in [3.8, 4) is 11.5 Å². The van der Waals surface area contributed by atoms with Crippen molar-refractivity contribution >= 4 is 36.3 Å². The number of amides is 3. The second-order valence-electron chi connectivity index (χ2n) is 9.74. The van der Waals surface area contributed by atoms with E-state index in [2.05, 4.69) is 28.6 Å². The molecule has 0 saturated heterocycles. The van der Waals surface area contributed by atoms with Gasteiger partial charge in [0.1, 0.15) is 29.6 Å². The molecule has 0 saturated carbocycles. The van der Waals surface area contributed by atoms with Crippen LogP contribution in [0, 0.1) is 0 Å². The molecule has 0 aliphatic heterocycles. The van der Waals surface area contributed by atoms with Crippen LogP contribution in [0.25, 0.3) is 0 Å². The second kappa shape index (κ2) is 15.5. The number of phenolic OH excluding ortho intramolecular Hbond substituents is 2. The summed E-state index contributed by atoms with van der Waals surface area (Å²) in [6, 6.07) is 16.5. The molecule has 3 aromatic carbocycles. The summed E-state index contributed by atoms with van der Waals surface area (Å²) < 4.78 is 0. The molecule has 0 aliphatic rings. The number of benzene rings is 3. The summed E-state index contributed by atoms with van der Waals surface area (Å²) in [4.78, 5) is 51.3. The first-order valence-corrected chi connectivity index (χ1v) is 13.8. The van der Waals surface area contributed by atoms with Crippen molar-refractivity contribution in [1.29, 1.82) is 0 Å². The van der Waals surface area contributed by atoms with E-state index >= 15 is 0 Å². The monoisotopic (exact) mass is 594 g/mol. The average Bonchev–Trinajstić information content (AvgIpc) is 2.97. The molecule has 0 aliphatic carbocycles. The van der Waals surface area contributed by atoms with Crippen molar-refractivity contribution in [1.82, 2.24) is 16.0 Å². The van der Waals surface area contributed by atoms with Gasteiger partial charge in [-0.25, -0.2) is 4.79 Å². The summed E-state index contributed by atoms with van der Waals surface area (Å²) in [5.41, 5.74) is 8.16. The Morgan fingerprint density at radius 1 is 0.619 bits per heavy atom. The van der Waals surface area contributed by atoms with Crippen LogP contribution in [0.4, 0.5) is 0 Å². The van der Waals surface area contributed by atoms with Crippen LogP contribution >= 0.6 is 12.6 Å². The molecule has 11 nitrogen and oxygen atoms in total. The Bertz CT molecular complexity index is 1350. The molecule has 42 heavy (non-hydrogen) atoms. The molecule has 3 aromatic rings. The topological polar surface area (TPSA) is 191 Å². The summed E-state index contributed by atoms with van der Waals surface area (Å²) >= 11 is 3.99. The van der Waals surface area contributed by atoms with Crippen molar-refractivity contribution in [3.63, 3.8) is 0 Å². The molecule has 0 radical (unpaired) electrons. The maximum atomic E-state index is 13.6. The van der Waals surface area contributed by atoms with Crippen LogP contribution in [-0.2, 0) is 38.4 Å². The zero-order chi connectivity index (χ0) is 30.6. The molecule has 4 unspecified atom stereocenters. The molecule has 3 amide bonds. The minimum absolute atomic E-state index is 0.0118. The highest BCUT2D eigenvalue weighted by molar-refractivity contribution is 7.80. The lowest BCUT2D eigenvalue weighted by Gasteiger charge is -2.25. The lowest BCUT2D eigenvalue weighted by atomic mass is 10.0. The van der Waals surface area contributed by atoms with Gasteiger partial charge in [-0.3, -0.25) is 14.4 Å². The fraction of sp³-hybridized carbons (Fsp3) is 0.267. The van der Waals surface area contributed by atoms with Gasteiger partial charge >= 0.3 is 5.97 Å². The van der Waals surface area contributed by atoms with Gasteiger partial charge in [-0.2, -0.15) is 12.6 Å². The number of carboxylic acids is 1. The third-order valence-electron chi connectivity index (χ3n) is 6.45. The molecule has 3 rings (SSSR count). The number of carbonyl (C=O) groups is 4. The molecular weight excluding hydrogens is 560 g/mol. The quantitative estimate of drug-likeness (QED) is 0.126. The fourth-order valence-electron chi connectivity index (χ4n) is 4.12. The summed E-state index contributed by atoms with van der Waals surface area (Å²) in [5.74, 6) is -3.38. The first-order valence-electron chi connectivity index (χ1n) is 13.2. The van der Waals surface area contributed by atoms with Gasteiger partial charge in [-0.1, -0.05) is 54.6 Å². The Kier molecular flexibility index (Phi) is 11.8. The number of carbonyl (C=O) groups excluding carboxylic acids is 3. The van der Waals surface area contributed by atoms with E-state index in [9.17, 15) is 34.5 Å². The molecule has 8 N–H and O–H groups in total. The maximum absolute atomic E-state index is 13.6. The zero-order valence-corrected chi connectivity index (χ0v) is 23.5. The zero-order valence-electron chi connectivity index (χ0n) is 22.6. The van der Waals surface area contributed by atoms with Crippen LogP contribution in [0.5, 0.6) is 11.5 Å². The minimum atomic E-state index is -1.28. The van der Waals surface area contributed by atoms with Gasteiger partial charge in [-0.05, 0) is 47.4 Å². The van der Waals surface area contributed by atoms with E-state index in [1.807, 2.05) is 0 Å². The van der Waals surface area contributed by atoms with Crippen molar-refractivity contribution < 1.29 is 34.5 Å². The smallest absolute Gasteiger partial charge is 0.327 e. The predicted molar refractivity (Wildman–Crippen MR) is 159 cm³/mol. The van der Waals surface area contributed by atoms with Crippen LogP contribution in [-0.4, -0.2) is 68.9 Å². The molecule has 222 valence electrons. The van der Waals surface area contributed by atoms with Crippen LogP contribution in [0.15, 0.2) is 78.9 Å². The number of phenols is 2. The van der Waals surface area contributed by atoms with E-state index in [0.29, 0.717) is 16.7 Å². The van der Waals surface area contributed by atoms with Gasteiger partial charge < -0.3 is 37.0 Å². The number of carboxylic acid groups (broad SMARTS) is 1. The van der Waals surface area contributed by atoms with Crippen molar-refractivity contribution in [2.24, 2.45) is 5.73 Å². The number of aromatic hydroxyl groups is 2. The van der Waals surface area contributed by atoms with E-state index in [-0.39, 0.29) is 36.5 Å². The number of hydrogen-bond acceptors (Lipinski definition) is 8. The van der Waals surface area contributed by atoms with Gasteiger partial charge in [0, 0.05) is 18.6 Å². The highest BCUT2D eigenvalue weighted by Crippen LogP contribution is 2.14. The van der Waals surface area contributed by atoms with Crippen LogP contribution < -0.4 is 21.7 Å². The van der Waals surface area contributed by atoms with Crippen molar-refractivity contribution in [2.45, 2.75) is 43.4 Å². The van der Waals surface area contributed by atoms with Crippen molar-refractivity contribution in [2.75, 3.05) is 5.75 Å². The Morgan fingerprint density at radius 2 is 1.02 bits per heavy atom. The van der Waals surface area contributed by atoms with Gasteiger partial charge in [0.2, 0.25) is 17.7 Å². The molecule has 4 atom stereocenters. The number of aliphatic carboxylic acids is 1. The van der Waals surface area contributed by atoms with Crippen LogP contribution in [0.3, 0.4) is 0 Å². The first kappa shape index (κ1) is 32.0. The third-order valence-corrected chi connectivity index (χ3v) is 6.82. The van der Waals surface area contributed by atoms with Crippen molar-refractivity contribution in [3.05, 3.63) is 95.6 Å². The number of thiol groups is 1. The molecule has 0 aromatic heterocycles. The summed E-state index contributed by atoms with van der Waals surface area (Å²) in [6.07, 6.45) is 0.203. The van der Waals surface area contributed by atoms with E-state index in [4.69, 9.17) is 5.73 Å². The molecule has 0 heterocycles. The summed E-state index contributed by atoms with van der Waals surface area (Å²) in [5, 5.41) is 36.3. The number of rotatable bonds is 14. The Labute approximate surface area is 248 Å². The molecule has 12 heteroatoms. The third kappa shape index (κ3) is 9.82. The highest BCUT2D eigenvalue weighted by atomic mass is 32.1. The standard InChI is InChI=1S/C30H34N4O7S/c31-23(14-19-6-10-21(35)11-7-19)27(37)32-24(16-20-8-12-22(36)13-9-20)28(38)33-25(15-18-4-2-1-3-5-18)29(39)34-26(17-42)30(40)41/h1-13,23-26,35-36,42H,14-17,31H2,(H,32,37)(H,33,38)(H,34,39)(H,40,41). The SMILES string of the molecule is NC(Cc1ccc(O)cc1)C(=O)NC(Cc1ccc(O)cc1)C(=O)NC(Cc1ccccc1)C(=O)NC(CS)C(=O)O. The predicted octanol–water partition coefficient (Wildman–Crippen LogP) is 0.922. The van der Waals surface area contributed by atoms with Gasteiger partial charge in [-0.15, -0.1) is 0 Å². The van der Waals surface area contributed by atoms with E-state index in [0.717, 1.165) is 0 Å². The normalized spacial score (nSPS) is 13.7. The highest BCUT2D eigenvalue weighted by Gasteiger charge is 2.30. The fourth-order valence-corrected chi connectivity index (χ4v) is 4.37. The van der Waals surface area contributed by atoms with Crippen LogP contribution in [0.2, 0.25) is 0 Å². The Morgan fingerprint density at radius 3 is 1.48 bits per heavy atom. The number of nitrogens with two attached hydrogens (primary N) is 1. The van der Waals surface area contributed by atoms with E-state index in [1.54, 1.807) is 54.6 Å². The first-order chi connectivity index (χ1) is 20.0. The van der Waals surface area contributed by atoms with Crippen LogP contribution in [0.1, 0.15) is 16.7 Å². The lowest BCUT2D eigenvalue weighted by molar-refractivity contribution is -0.141. The molecule has 0 fully saturated rings. The van der Waals surface area contributed by atoms with Gasteiger partial charge in [0.05, 0.1) is 6.04 Å².